The average molecular weight is 413 g/mol. The van der Waals surface area contributed by atoms with Gasteiger partial charge in [-0.15, -0.1) is 0 Å². The minimum absolute atomic E-state index is 0.238. The number of carbonyl (C=O) groups excluding carboxylic acids is 1. The van der Waals surface area contributed by atoms with E-state index in [0.717, 1.165) is 17.3 Å². The quantitative estimate of drug-likeness (QED) is 0.686. The number of amides is 1. The Bertz CT molecular complexity index is 1130. The van der Waals surface area contributed by atoms with E-state index >= 15 is 0 Å². The van der Waals surface area contributed by atoms with Gasteiger partial charge in [0.2, 0.25) is 10.0 Å². The fourth-order valence-electron chi connectivity index (χ4n) is 3.99. The van der Waals surface area contributed by atoms with Crippen molar-refractivity contribution in [2.75, 3.05) is 18.4 Å². The molecule has 152 valence electrons. The van der Waals surface area contributed by atoms with Gasteiger partial charge in [-0.2, -0.15) is 9.40 Å². The molecule has 2 atom stereocenters. The number of para-hydroxylation sites is 1. The molecular formula is C21H24N4O3S. The van der Waals surface area contributed by atoms with Crippen LogP contribution < -0.4 is 5.32 Å². The van der Waals surface area contributed by atoms with Crippen LogP contribution in [-0.2, 0) is 10.0 Å². The molecular weight excluding hydrogens is 388 g/mol. The van der Waals surface area contributed by atoms with E-state index in [1.807, 2.05) is 24.3 Å². The zero-order chi connectivity index (χ0) is 20.6. The van der Waals surface area contributed by atoms with E-state index in [9.17, 15) is 13.2 Å². The van der Waals surface area contributed by atoms with Crippen LogP contribution >= 0.6 is 0 Å². The third-order valence-electron chi connectivity index (χ3n) is 5.27. The van der Waals surface area contributed by atoms with Crippen LogP contribution in [0, 0.1) is 11.8 Å². The van der Waals surface area contributed by atoms with Crippen molar-refractivity contribution in [1.82, 2.24) is 14.5 Å². The second-order valence-corrected chi connectivity index (χ2v) is 9.80. The van der Waals surface area contributed by atoms with Gasteiger partial charge in [-0.25, -0.2) is 8.42 Å². The molecule has 1 aliphatic heterocycles. The lowest BCUT2D eigenvalue weighted by Gasteiger charge is -2.34. The maximum atomic E-state index is 13.0. The summed E-state index contributed by atoms with van der Waals surface area (Å²) in [5.41, 5.74) is 1.60. The number of benzene rings is 2. The van der Waals surface area contributed by atoms with E-state index in [1.165, 1.54) is 12.1 Å². The first-order valence-corrected chi connectivity index (χ1v) is 11.1. The third-order valence-corrected chi connectivity index (χ3v) is 7.12. The number of piperidine rings is 1. The number of aromatic nitrogens is 2. The van der Waals surface area contributed by atoms with Crippen molar-refractivity contribution in [3.8, 4) is 0 Å². The number of aromatic amines is 1. The molecule has 8 heteroatoms. The summed E-state index contributed by atoms with van der Waals surface area (Å²) in [7, 11) is -3.54. The number of nitrogens with zero attached hydrogens (tertiary/aromatic N) is 2. The van der Waals surface area contributed by atoms with Gasteiger partial charge in [-0.05, 0) is 48.6 Å². The molecule has 1 amide bonds. The van der Waals surface area contributed by atoms with Crippen LogP contribution in [0.5, 0.6) is 0 Å². The maximum Gasteiger partial charge on any atom is 0.276 e. The summed E-state index contributed by atoms with van der Waals surface area (Å²) in [6.07, 6.45) is 1.04. The summed E-state index contributed by atoms with van der Waals surface area (Å²) < 4.78 is 27.5. The van der Waals surface area contributed by atoms with Gasteiger partial charge in [0, 0.05) is 24.2 Å². The molecule has 2 N–H and O–H groups in total. The fraction of sp³-hybridized carbons (Fsp3) is 0.333. The van der Waals surface area contributed by atoms with Crippen molar-refractivity contribution in [3.05, 3.63) is 54.2 Å². The van der Waals surface area contributed by atoms with E-state index in [0.29, 0.717) is 36.3 Å². The van der Waals surface area contributed by atoms with Crippen LogP contribution in [0.2, 0.25) is 0 Å². The number of hydrogen-bond donors (Lipinski definition) is 2. The largest absolute Gasteiger partial charge is 0.321 e. The van der Waals surface area contributed by atoms with Crippen LogP contribution in [0.3, 0.4) is 0 Å². The van der Waals surface area contributed by atoms with Crippen molar-refractivity contribution < 1.29 is 13.2 Å². The minimum Gasteiger partial charge on any atom is -0.321 e. The molecule has 2 aromatic carbocycles. The van der Waals surface area contributed by atoms with Crippen molar-refractivity contribution >= 4 is 32.5 Å². The molecule has 1 saturated heterocycles. The smallest absolute Gasteiger partial charge is 0.276 e. The van der Waals surface area contributed by atoms with Crippen molar-refractivity contribution in [2.45, 2.75) is 25.2 Å². The highest BCUT2D eigenvalue weighted by molar-refractivity contribution is 7.89. The first-order valence-electron chi connectivity index (χ1n) is 9.69. The molecule has 0 radical (unpaired) electrons. The number of H-pyrrole nitrogens is 1. The van der Waals surface area contributed by atoms with Gasteiger partial charge in [0.1, 0.15) is 0 Å². The highest BCUT2D eigenvalue weighted by Crippen LogP contribution is 2.27. The molecule has 1 fully saturated rings. The third kappa shape index (κ3) is 3.90. The molecule has 3 aromatic rings. The number of anilines is 1. The molecule has 0 aliphatic carbocycles. The highest BCUT2D eigenvalue weighted by Gasteiger charge is 2.31. The van der Waals surface area contributed by atoms with Gasteiger partial charge in [0.25, 0.3) is 5.91 Å². The number of fused-ring (bicyclic) bond motifs is 1. The van der Waals surface area contributed by atoms with E-state index in [4.69, 9.17) is 0 Å². The summed E-state index contributed by atoms with van der Waals surface area (Å²) in [4.78, 5) is 12.8. The van der Waals surface area contributed by atoms with Crippen LogP contribution in [0.1, 0.15) is 30.8 Å². The first-order chi connectivity index (χ1) is 13.8. The van der Waals surface area contributed by atoms with Gasteiger partial charge in [0.15, 0.2) is 5.69 Å². The Morgan fingerprint density at radius 2 is 1.72 bits per heavy atom. The van der Waals surface area contributed by atoms with Gasteiger partial charge >= 0.3 is 0 Å². The van der Waals surface area contributed by atoms with Crippen molar-refractivity contribution in [3.63, 3.8) is 0 Å². The Balaban J connectivity index is 1.51. The van der Waals surface area contributed by atoms with Gasteiger partial charge in [-0.1, -0.05) is 32.0 Å². The van der Waals surface area contributed by atoms with Crippen LogP contribution in [0.4, 0.5) is 5.69 Å². The Hall–Kier alpha value is -2.71. The number of sulfonamides is 1. The summed E-state index contributed by atoms with van der Waals surface area (Å²) in [5, 5.41) is 10.4. The molecule has 0 unspecified atom stereocenters. The molecule has 0 bridgehead atoms. The fourth-order valence-corrected chi connectivity index (χ4v) is 5.67. The minimum atomic E-state index is -3.54. The molecule has 0 spiro atoms. The second kappa shape index (κ2) is 7.61. The summed E-state index contributed by atoms with van der Waals surface area (Å²) >= 11 is 0. The van der Waals surface area contributed by atoms with E-state index in [2.05, 4.69) is 29.4 Å². The number of nitrogens with one attached hydrogen (secondary N) is 2. The summed E-state index contributed by atoms with van der Waals surface area (Å²) in [5.74, 6) is 0.336. The molecule has 1 aromatic heterocycles. The van der Waals surface area contributed by atoms with E-state index in [-0.39, 0.29) is 10.8 Å². The van der Waals surface area contributed by atoms with Gasteiger partial charge in [-0.3, -0.25) is 9.89 Å². The SMILES string of the molecule is C[C@@H]1C[C@H](C)CN(S(=O)(=O)c2ccc(NC(=O)c3n[nH]c4ccccc34)cc2)C1. The van der Waals surface area contributed by atoms with Crippen molar-refractivity contribution in [2.24, 2.45) is 11.8 Å². The van der Waals surface area contributed by atoms with Crippen LogP contribution in [0.25, 0.3) is 10.9 Å². The Morgan fingerprint density at radius 3 is 2.41 bits per heavy atom. The lowest BCUT2D eigenvalue weighted by molar-refractivity contribution is 0.102. The predicted octanol–water partition coefficient (Wildman–Crippen LogP) is 3.48. The number of hydrogen-bond acceptors (Lipinski definition) is 4. The topological polar surface area (TPSA) is 95.2 Å². The normalized spacial score (nSPS) is 20.6. The maximum absolute atomic E-state index is 13.0. The highest BCUT2D eigenvalue weighted by atomic mass is 32.2. The lowest BCUT2D eigenvalue weighted by atomic mass is 9.94. The Kier molecular flexibility index (Phi) is 5.14. The zero-order valence-electron chi connectivity index (χ0n) is 16.4. The molecule has 4 rings (SSSR count). The first kappa shape index (κ1) is 19.6. The monoisotopic (exact) mass is 412 g/mol. The Labute approximate surface area is 170 Å². The molecule has 0 saturated carbocycles. The lowest BCUT2D eigenvalue weighted by Crippen LogP contribution is -2.42. The van der Waals surface area contributed by atoms with Gasteiger partial charge in [0.05, 0.1) is 10.4 Å². The molecule has 7 nitrogen and oxygen atoms in total. The molecule has 29 heavy (non-hydrogen) atoms. The predicted molar refractivity (Wildman–Crippen MR) is 112 cm³/mol. The molecule has 2 heterocycles. The summed E-state index contributed by atoms with van der Waals surface area (Å²) in [6.45, 7) is 5.24. The average Bonchev–Trinajstić information content (AvgIpc) is 3.12. The van der Waals surface area contributed by atoms with Crippen LogP contribution in [-0.4, -0.2) is 41.9 Å². The standard InChI is InChI=1S/C21H24N4O3S/c1-14-11-15(2)13-25(12-14)29(27,28)17-9-7-16(8-10-17)22-21(26)20-18-5-3-4-6-19(18)23-24-20/h3-10,14-15H,11-13H2,1-2H3,(H,22,26)(H,23,24)/t14-,15+. The van der Waals surface area contributed by atoms with Crippen molar-refractivity contribution in [1.29, 1.82) is 0 Å². The van der Waals surface area contributed by atoms with E-state index in [1.54, 1.807) is 16.4 Å². The zero-order valence-corrected chi connectivity index (χ0v) is 17.2. The summed E-state index contributed by atoms with van der Waals surface area (Å²) in [6, 6.07) is 13.7. The molecule has 1 aliphatic rings. The second-order valence-electron chi connectivity index (χ2n) is 7.86. The van der Waals surface area contributed by atoms with Gasteiger partial charge < -0.3 is 5.32 Å². The number of carbonyl (C=O) groups is 1. The van der Waals surface area contributed by atoms with Crippen LogP contribution in [0.15, 0.2) is 53.4 Å². The Morgan fingerprint density at radius 1 is 1.07 bits per heavy atom. The van der Waals surface area contributed by atoms with E-state index < -0.39 is 10.0 Å². The number of rotatable bonds is 4.